The zero-order valence-corrected chi connectivity index (χ0v) is 11.6. The highest BCUT2D eigenvalue weighted by atomic mass is 15.1. The first-order valence-corrected chi connectivity index (χ1v) is 7.36. The number of unbranched alkanes of at least 4 members (excludes halogenated alkanes) is 2. The van der Waals surface area contributed by atoms with Crippen LogP contribution < -0.4 is 5.73 Å². The molecule has 1 aromatic carbocycles. The minimum absolute atomic E-state index is 0.768. The Bertz CT molecular complexity index is 373. The van der Waals surface area contributed by atoms with E-state index in [-0.39, 0.29) is 0 Å². The summed E-state index contributed by atoms with van der Waals surface area (Å²) in [4.78, 5) is 2.46. The molecule has 0 saturated heterocycles. The molecule has 1 aliphatic heterocycles. The second-order valence-electron chi connectivity index (χ2n) is 5.37. The third kappa shape index (κ3) is 3.56. The largest absolute Gasteiger partial charge is 0.329 e. The summed E-state index contributed by atoms with van der Waals surface area (Å²) in [6.45, 7) is 6.31. The summed E-state index contributed by atoms with van der Waals surface area (Å²) < 4.78 is 0. The van der Waals surface area contributed by atoms with Gasteiger partial charge in [0.25, 0.3) is 0 Å². The molecule has 0 unspecified atom stereocenters. The topological polar surface area (TPSA) is 29.3 Å². The van der Waals surface area contributed by atoms with Gasteiger partial charge in [-0.2, -0.15) is 0 Å². The molecule has 1 heterocycles. The second-order valence-corrected chi connectivity index (χ2v) is 5.37. The van der Waals surface area contributed by atoms with Crippen molar-refractivity contribution in [3.05, 3.63) is 34.9 Å². The van der Waals surface area contributed by atoms with Gasteiger partial charge in [0.15, 0.2) is 0 Å². The zero-order chi connectivity index (χ0) is 12.8. The molecule has 1 aliphatic rings. The highest BCUT2D eigenvalue weighted by Gasteiger charge is 2.15. The molecule has 0 aliphatic carbocycles. The Labute approximate surface area is 111 Å². The summed E-state index contributed by atoms with van der Waals surface area (Å²) in [5.74, 6) is 0. The van der Waals surface area contributed by atoms with Crippen molar-refractivity contribution >= 4 is 0 Å². The molecule has 0 fully saturated rings. The summed E-state index contributed by atoms with van der Waals surface area (Å²) in [6.07, 6.45) is 6.42. The first-order chi connectivity index (χ1) is 8.83. The van der Waals surface area contributed by atoms with Crippen molar-refractivity contribution in [2.45, 2.75) is 45.6 Å². The lowest BCUT2D eigenvalue weighted by molar-refractivity contribution is 0.261. The highest BCUT2D eigenvalue weighted by Crippen LogP contribution is 2.21. The highest BCUT2D eigenvalue weighted by molar-refractivity contribution is 5.34. The fourth-order valence-corrected chi connectivity index (χ4v) is 2.77. The molecule has 0 spiro atoms. The van der Waals surface area contributed by atoms with Gasteiger partial charge in [-0.05, 0) is 36.0 Å². The van der Waals surface area contributed by atoms with Crippen LogP contribution in [0.25, 0.3) is 0 Å². The third-order valence-corrected chi connectivity index (χ3v) is 3.88. The average Bonchev–Trinajstić information content (AvgIpc) is 2.39. The van der Waals surface area contributed by atoms with Crippen LogP contribution >= 0.6 is 0 Å². The fourth-order valence-electron chi connectivity index (χ4n) is 2.77. The standard InChI is InChI=1S/C16H26N2/c1-2-3-4-5-14-6-7-16-13-18(11-9-17)10-8-15(16)12-14/h6-7,12H,2-5,8-11,13,17H2,1H3. The maximum absolute atomic E-state index is 5.63. The molecule has 100 valence electrons. The molecule has 0 radical (unpaired) electrons. The van der Waals surface area contributed by atoms with Crippen LogP contribution in [0.1, 0.15) is 42.9 Å². The molecular weight excluding hydrogens is 220 g/mol. The van der Waals surface area contributed by atoms with Crippen molar-refractivity contribution in [3.63, 3.8) is 0 Å². The molecule has 2 rings (SSSR count). The number of rotatable bonds is 6. The van der Waals surface area contributed by atoms with E-state index in [4.69, 9.17) is 5.73 Å². The molecule has 1 aromatic rings. The van der Waals surface area contributed by atoms with Gasteiger partial charge in [-0.15, -0.1) is 0 Å². The number of nitrogens with zero attached hydrogens (tertiary/aromatic N) is 1. The van der Waals surface area contributed by atoms with Gasteiger partial charge < -0.3 is 5.73 Å². The van der Waals surface area contributed by atoms with Gasteiger partial charge in [-0.3, -0.25) is 4.90 Å². The van der Waals surface area contributed by atoms with Crippen LogP contribution in [0, 0.1) is 0 Å². The molecule has 0 atom stereocenters. The number of hydrogen-bond acceptors (Lipinski definition) is 2. The Morgan fingerprint density at radius 1 is 1.22 bits per heavy atom. The molecule has 0 aromatic heterocycles. The third-order valence-electron chi connectivity index (χ3n) is 3.88. The molecule has 18 heavy (non-hydrogen) atoms. The van der Waals surface area contributed by atoms with Gasteiger partial charge in [-0.25, -0.2) is 0 Å². The number of fused-ring (bicyclic) bond motifs is 1. The summed E-state index contributed by atoms with van der Waals surface area (Å²) in [6, 6.07) is 7.09. The zero-order valence-electron chi connectivity index (χ0n) is 11.6. The van der Waals surface area contributed by atoms with Crippen molar-refractivity contribution in [1.29, 1.82) is 0 Å². The Morgan fingerprint density at radius 3 is 2.89 bits per heavy atom. The van der Waals surface area contributed by atoms with E-state index in [2.05, 4.69) is 30.0 Å². The monoisotopic (exact) mass is 246 g/mol. The predicted molar refractivity (Wildman–Crippen MR) is 77.7 cm³/mol. The van der Waals surface area contributed by atoms with Crippen LogP contribution in [-0.2, 0) is 19.4 Å². The first kappa shape index (κ1) is 13.6. The van der Waals surface area contributed by atoms with E-state index in [9.17, 15) is 0 Å². The predicted octanol–water partition coefficient (Wildman–Crippen LogP) is 2.74. The summed E-state index contributed by atoms with van der Waals surface area (Å²) >= 11 is 0. The lowest BCUT2D eigenvalue weighted by Crippen LogP contribution is -2.34. The molecule has 2 nitrogen and oxygen atoms in total. The quantitative estimate of drug-likeness (QED) is 0.782. The number of hydrogen-bond donors (Lipinski definition) is 1. The van der Waals surface area contributed by atoms with Crippen molar-refractivity contribution in [1.82, 2.24) is 4.90 Å². The first-order valence-electron chi connectivity index (χ1n) is 7.36. The summed E-state index contributed by atoms with van der Waals surface area (Å²) in [7, 11) is 0. The van der Waals surface area contributed by atoms with Gasteiger partial charge in [0.1, 0.15) is 0 Å². The summed E-state index contributed by atoms with van der Waals surface area (Å²) in [5, 5.41) is 0. The van der Waals surface area contributed by atoms with Gasteiger partial charge in [0, 0.05) is 26.2 Å². The van der Waals surface area contributed by atoms with Gasteiger partial charge in [0.2, 0.25) is 0 Å². The number of nitrogens with two attached hydrogens (primary N) is 1. The van der Waals surface area contributed by atoms with E-state index >= 15 is 0 Å². The molecule has 0 bridgehead atoms. The average molecular weight is 246 g/mol. The fraction of sp³-hybridized carbons (Fsp3) is 0.625. The Kier molecular flexibility index (Phi) is 5.21. The van der Waals surface area contributed by atoms with Gasteiger partial charge >= 0.3 is 0 Å². The van der Waals surface area contributed by atoms with Crippen LogP contribution in [0.2, 0.25) is 0 Å². The van der Waals surface area contributed by atoms with E-state index in [0.717, 1.165) is 19.6 Å². The molecular formula is C16H26N2. The van der Waals surface area contributed by atoms with Crippen LogP contribution in [0.5, 0.6) is 0 Å². The molecule has 2 N–H and O–H groups in total. The minimum Gasteiger partial charge on any atom is -0.329 e. The molecule has 0 amide bonds. The normalized spacial score (nSPS) is 15.7. The lowest BCUT2D eigenvalue weighted by Gasteiger charge is -2.28. The number of benzene rings is 1. The molecule has 0 saturated carbocycles. The van der Waals surface area contributed by atoms with Crippen LogP contribution in [0.15, 0.2) is 18.2 Å². The SMILES string of the molecule is CCCCCc1ccc2c(c1)CCN(CCN)C2. The van der Waals surface area contributed by atoms with Crippen LogP contribution in [0.3, 0.4) is 0 Å². The van der Waals surface area contributed by atoms with Crippen LogP contribution in [0.4, 0.5) is 0 Å². The lowest BCUT2D eigenvalue weighted by atomic mass is 9.95. The van der Waals surface area contributed by atoms with E-state index < -0.39 is 0 Å². The van der Waals surface area contributed by atoms with E-state index in [0.29, 0.717) is 0 Å². The smallest absolute Gasteiger partial charge is 0.0237 e. The Morgan fingerprint density at radius 2 is 2.11 bits per heavy atom. The second kappa shape index (κ2) is 6.91. The van der Waals surface area contributed by atoms with E-state index in [1.165, 1.54) is 49.8 Å². The van der Waals surface area contributed by atoms with Gasteiger partial charge in [0.05, 0.1) is 0 Å². The Hall–Kier alpha value is -0.860. The molecule has 2 heteroatoms. The Balaban J connectivity index is 1.96. The van der Waals surface area contributed by atoms with Gasteiger partial charge in [-0.1, -0.05) is 38.0 Å². The van der Waals surface area contributed by atoms with E-state index in [1.807, 2.05) is 0 Å². The minimum atomic E-state index is 0.768. The van der Waals surface area contributed by atoms with Crippen molar-refractivity contribution in [2.75, 3.05) is 19.6 Å². The maximum atomic E-state index is 5.63. The maximum Gasteiger partial charge on any atom is 0.0237 e. The van der Waals surface area contributed by atoms with E-state index in [1.54, 1.807) is 5.56 Å². The summed E-state index contributed by atoms with van der Waals surface area (Å²) in [5.41, 5.74) is 10.2. The number of aryl methyl sites for hydroxylation is 1. The van der Waals surface area contributed by atoms with Crippen molar-refractivity contribution < 1.29 is 0 Å². The van der Waals surface area contributed by atoms with Crippen molar-refractivity contribution in [2.24, 2.45) is 5.73 Å². The van der Waals surface area contributed by atoms with Crippen LogP contribution in [-0.4, -0.2) is 24.5 Å². The van der Waals surface area contributed by atoms with Crippen molar-refractivity contribution in [3.8, 4) is 0 Å².